The summed E-state index contributed by atoms with van der Waals surface area (Å²) < 4.78 is 27.6. The SMILES string of the molecule is CC1CCCCCC1NCc1c(F)cc(C#N)cc1F. The predicted molar refractivity (Wildman–Crippen MR) is 73.9 cm³/mol. The first-order valence-electron chi connectivity index (χ1n) is 7.23. The first-order chi connectivity index (χ1) is 9.61. The molecule has 1 aliphatic rings. The van der Waals surface area contributed by atoms with E-state index in [1.807, 2.05) is 0 Å². The van der Waals surface area contributed by atoms with Crippen LogP contribution in [0.2, 0.25) is 0 Å². The van der Waals surface area contributed by atoms with Crippen LogP contribution < -0.4 is 5.32 Å². The van der Waals surface area contributed by atoms with Crippen molar-refractivity contribution in [3.8, 4) is 6.07 Å². The number of hydrogen-bond acceptors (Lipinski definition) is 2. The van der Waals surface area contributed by atoms with Gasteiger partial charge in [-0.15, -0.1) is 0 Å². The van der Waals surface area contributed by atoms with Gasteiger partial charge in [-0.25, -0.2) is 8.78 Å². The van der Waals surface area contributed by atoms with Gasteiger partial charge in [0, 0.05) is 18.2 Å². The molecular formula is C16H20F2N2. The molecule has 2 unspecified atom stereocenters. The Kier molecular flexibility index (Phi) is 5.08. The highest BCUT2D eigenvalue weighted by Crippen LogP contribution is 2.24. The van der Waals surface area contributed by atoms with Gasteiger partial charge in [-0.1, -0.05) is 26.2 Å². The van der Waals surface area contributed by atoms with Gasteiger partial charge in [0.1, 0.15) is 11.6 Å². The Bertz CT molecular complexity index is 485. The van der Waals surface area contributed by atoms with Crippen molar-refractivity contribution in [2.24, 2.45) is 5.92 Å². The number of nitriles is 1. The fourth-order valence-corrected chi connectivity index (χ4v) is 2.87. The third-order valence-corrected chi connectivity index (χ3v) is 4.17. The Balaban J connectivity index is 2.05. The van der Waals surface area contributed by atoms with Crippen molar-refractivity contribution in [2.75, 3.05) is 0 Å². The highest BCUT2D eigenvalue weighted by molar-refractivity contribution is 5.34. The molecule has 20 heavy (non-hydrogen) atoms. The van der Waals surface area contributed by atoms with Gasteiger partial charge in [0.2, 0.25) is 0 Å². The molecule has 108 valence electrons. The van der Waals surface area contributed by atoms with Gasteiger partial charge in [0.05, 0.1) is 11.6 Å². The van der Waals surface area contributed by atoms with Gasteiger partial charge < -0.3 is 5.32 Å². The van der Waals surface area contributed by atoms with Gasteiger partial charge in [0.25, 0.3) is 0 Å². The Morgan fingerprint density at radius 2 is 1.85 bits per heavy atom. The van der Waals surface area contributed by atoms with E-state index in [2.05, 4.69) is 12.2 Å². The maximum Gasteiger partial charge on any atom is 0.131 e. The van der Waals surface area contributed by atoms with Crippen molar-refractivity contribution in [1.29, 1.82) is 5.26 Å². The largest absolute Gasteiger partial charge is 0.309 e. The number of halogens is 2. The minimum atomic E-state index is -0.643. The average Bonchev–Trinajstić information content (AvgIpc) is 2.62. The normalized spacial score (nSPS) is 23.1. The van der Waals surface area contributed by atoms with Gasteiger partial charge >= 0.3 is 0 Å². The molecule has 0 aliphatic heterocycles. The number of nitrogens with one attached hydrogen (secondary N) is 1. The molecule has 1 saturated carbocycles. The predicted octanol–water partition coefficient (Wildman–Crippen LogP) is 3.89. The van der Waals surface area contributed by atoms with Gasteiger partial charge in [0.15, 0.2) is 0 Å². The number of rotatable bonds is 3. The number of benzene rings is 1. The van der Waals surface area contributed by atoms with E-state index in [4.69, 9.17) is 5.26 Å². The average molecular weight is 278 g/mol. The van der Waals surface area contributed by atoms with Crippen LogP contribution in [0, 0.1) is 28.9 Å². The van der Waals surface area contributed by atoms with Crippen LogP contribution in [0.4, 0.5) is 8.78 Å². The monoisotopic (exact) mass is 278 g/mol. The van der Waals surface area contributed by atoms with Crippen molar-refractivity contribution in [1.82, 2.24) is 5.32 Å². The van der Waals surface area contributed by atoms with Crippen molar-refractivity contribution >= 4 is 0 Å². The lowest BCUT2D eigenvalue weighted by molar-refractivity contribution is 0.351. The molecule has 0 heterocycles. The van der Waals surface area contributed by atoms with Crippen LogP contribution in [0.15, 0.2) is 12.1 Å². The third-order valence-electron chi connectivity index (χ3n) is 4.17. The second-order valence-electron chi connectivity index (χ2n) is 5.63. The summed E-state index contributed by atoms with van der Waals surface area (Å²) in [6.45, 7) is 2.37. The Morgan fingerprint density at radius 1 is 1.20 bits per heavy atom. The van der Waals surface area contributed by atoms with E-state index in [-0.39, 0.29) is 17.7 Å². The molecule has 0 bridgehead atoms. The van der Waals surface area contributed by atoms with E-state index in [1.54, 1.807) is 6.07 Å². The molecule has 0 saturated heterocycles. The highest BCUT2D eigenvalue weighted by atomic mass is 19.1. The fraction of sp³-hybridized carbons (Fsp3) is 0.562. The molecule has 4 heteroatoms. The van der Waals surface area contributed by atoms with Crippen LogP contribution >= 0.6 is 0 Å². The minimum Gasteiger partial charge on any atom is -0.309 e. The summed E-state index contributed by atoms with van der Waals surface area (Å²) in [6.07, 6.45) is 5.86. The molecule has 1 N–H and O–H groups in total. The molecule has 1 aromatic carbocycles. The van der Waals surface area contributed by atoms with E-state index >= 15 is 0 Å². The molecule has 2 atom stereocenters. The molecule has 0 radical (unpaired) electrons. The number of nitrogens with zero attached hydrogens (tertiary/aromatic N) is 1. The minimum absolute atomic E-state index is 0.0200. The summed E-state index contributed by atoms with van der Waals surface area (Å²) in [4.78, 5) is 0. The summed E-state index contributed by atoms with van der Waals surface area (Å²) in [7, 11) is 0. The highest BCUT2D eigenvalue weighted by Gasteiger charge is 2.20. The lowest BCUT2D eigenvalue weighted by atomic mass is 9.96. The molecular weight excluding hydrogens is 258 g/mol. The standard InChI is InChI=1S/C16H20F2N2/c1-11-5-3-2-4-6-16(11)20-10-13-14(17)7-12(9-19)8-15(13)18/h7-8,11,16,20H,2-6,10H2,1H3. The maximum atomic E-state index is 13.8. The summed E-state index contributed by atoms with van der Waals surface area (Å²) in [5.41, 5.74) is 0.0482. The Morgan fingerprint density at radius 3 is 2.50 bits per heavy atom. The lowest BCUT2D eigenvalue weighted by Gasteiger charge is -2.23. The van der Waals surface area contributed by atoms with Crippen molar-refractivity contribution < 1.29 is 8.78 Å². The van der Waals surface area contributed by atoms with E-state index < -0.39 is 11.6 Å². The van der Waals surface area contributed by atoms with E-state index in [1.165, 1.54) is 19.3 Å². The van der Waals surface area contributed by atoms with Crippen LogP contribution in [0.3, 0.4) is 0 Å². The Hall–Kier alpha value is -1.47. The second-order valence-corrected chi connectivity index (χ2v) is 5.63. The topological polar surface area (TPSA) is 35.8 Å². The maximum absolute atomic E-state index is 13.8. The van der Waals surface area contributed by atoms with Crippen LogP contribution in [0.25, 0.3) is 0 Å². The summed E-state index contributed by atoms with van der Waals surface area (Å²) in [5, 5.41) is 12.0. The van der Waals surface area contributed by atoms with Gasteiger partial charge in [-0.3, -0.25) is 0 Å². The van der Waals surface area contributed by atoms with Crippen molar-refractivity contribution in [2.45, 2.75) is 51.6 Å². The summed E-state index contributed by atoms with van der Waals surface area (Å²) in [5.74, 6) is -0.757. The first-order valence-corrected chi connectivity index (χ1v) is 7.23. The van der Waals surface area contributed by atoms with E-state index in [0.717, 1.165) is 25.0 Å². The first kappa shape index (κ1) is 14.9. The molecule has 1 aliphatic carbocycles. The quantitative estimate of drug-likeness (QED) is 0.851. The Labute approximate surface area is 118 Å². The molecule has 1 aromatic rings. The van der Waals surface area contributed by atoms with Gasteiger partial charge in [-0.2, -0.15) is 5.26 Å². The van der Waals surface area contributed by atoms with Crippen LogP contribution in [-0.4, -0.2) is 6.04 Å². The zero-order valence-electron chi connectivity index (χ0n) is 11.8. The third kappa shape index (κ3) is 3.55. The van der Waals surface area contributed by atoms with Gasteiger partial charge in [-0.05, 0) is 30.9 Å². The van der Waals surface area contributed by atoms with Crippen molar-refractivity contribution in [3.63, 3.8) is 0 Å². The van der Waals surface area contributed by atoms with Crippen LogP contribution in [-0.2, 0) is 6.54 Å². The van der Waals surface area contributed by atoms with Crippen LogP contribution in [0.1, 0.15) is 50.2 Å². The smallest absolute Gasteiger partial charge is 0.131 e. The van der Waals surface area contributed by atoms with Crippen molar-refractivity contribution in [3.05, 3.63) is 34.9 Å². The fourth-order valence-electron chi connectivity index (χ4n) is 2.87. The zero-order chi connectivity index (χ0) is 14.5. The second kappa shape index (κ2) is 6.81. The molecule has 0 amide bonds. The molecule has 0 aromatic heterocycles. The molecule has 2 nitrogen and oxygen atoms in total. The summed E-state index contributed by atoms with van der Waals surface area (Å²) >= 11 is 0. The number of hydrogen-bond donors (Lipinski definition) is 1. The molecule has 0 spiro atoms. The van der Waals surface area contributed by atoms with E-state index in [9.17, 15) is 8.78 Å². The van der Waals surface area contributed by atoms with Crippen LogP contribution in [0.5, 0.6) is 0 Å². The zero-order valence-corrected chi connectivity index (χ0v) is 11.8. The molecule has 1 fully saturated rings. The molecule has 2 rings (SSSR count). The van der Waals surface area contributed by atoms with E-state index in [0.29, 0.717) is 12.0 Å². The lowest BCUT2D eigenvalue weighted by Crippen LogP contribution is -2.34. The summed E-state index contributed by atoms with van der Waals surface area (Å²) in [6, 6.07) is 4.26.